The molecular weight excluding hydrogens is 264 g/mol. The van der Waals surface area contributed by atoms with Gasteiger partial charge in [0.1, 0.15) is 5.00 Å². The van der Waals surface area contributed by atoms with Gasteiger partial charge in [-0.15, -0.1) is 11.3 Å². The van der Waals surface area contributed by atoms with Gasteiger partial charge >= 0.3 is 12.0 Å². The Balaban J connectivity index is 2.04. The summed E-state index contributed by atoms with van der Waals surface area (Å²) < 4.78 is 0. The Hall–Kier alpha value is -1.56. The van der Waals surface area contributed by atoms with Gasteiger partial charge in [-0.25, -0.2) is 9.59 Å². The van der Waals surface area contributed by atoms with Gasteiger partial charge in [0.2, 0.25) is 0 Å². The molecule has 5 nitrogen and oxygen atoms in total. The van der Waals surface area contributed by atoms with Crippen LogP contribution in [0.15, 0.2) is 11.4 Å². The van der Waals surface area contributed by atoms with Crippen molar-refractivity contribution < 1.29 is 14.7 Å². The predicted octanol–water partition coefficient (Wildman–Crippen LogP) is 2.96. The third kappa shape index (κ3) is 3.26. The number of piperidine rings is 1. The van der Waals surface area contributed by atoms with E-state index in [9.17, 15) is 9.59 Å². The van der Waals surface area contributed by atoms with Crippen LogP contribution in [0.3, 0.4) is 0 Å². The summed E-state index contributed by atoms with van der Waals surface area (Å²) in [7, 11) is 0. The maximum atomic E-state index is 12.2. The second-order valence-electron chi connectivity index (χ2n) is 5.25. The van der Waals surface area contributed by atoms with E-state index in [0.717, 1.165) is 19.5 Å². The predicted molar refractivity (Wildman–Crippen MR) is 74.8 cm³/mol. The zero-order valence-corrected chi connectivity index (χ0v) is 11.9. The number of likely N-dealkylation sites (tertiary alicyclic amines) is 1. The maximum absolute atomic E-state index is 12.2. The number of nitrogens with one attached hydrogen (secondary N) is 1. The first kappa shape index (κ1) is 13.9. The van der Waals surface area contributed by atoms with E-state index in [1.54, 1.807) is 10.3 Å². The number of thiophene rings is 1. The number of carboxylic acids is 1. The molecule has 0 radical (unpaired) electrons. The lowest BCUT2D eigenvalue weighted by molar-refractivity contribution is 0.0698. The van der Waals surface area contributed by atoms with Gasteiger partial charge in [0, 0.05) is 13.1 Å². The van der Waals surface area contributed by atoms with Gasteiger partial charge < -0.3 is 10.0 Å². The first-order valence-electron chi connectivity index (χ1n) is 6.34. The second-order valence-corrected chi connectivity index (χ2v) is 6.17. The van der Waals surface area contributed by atoms with Crippen LogP contribution in [-0.4, -0.2) is 35.1 Å². The normalized spacial score (nSPS) is 23.2. The molecule has 1 saturated heterocycles. The summed E-state index contributed by atoms with van der Waals surface area (Å²) in [6, 6.07) is 1.30. The molecule has 1 aromatic rings. The van der Waals surface area contributed by atoms with Gasteiger partial charge in [0.05, 0.1) is 5.56 Å². The zero-order chi connectivity index (χ0) is 14.0. The zero-order valence-electron chi connectivity index (χ0n) is 11.0. The SMILES string of the molecule is CC1CC(C)CN(C(=O)Nc2sccc2C(=O)O)C1. The summed E-state index contributed by atoms with van der Waals surface area (Å²) in [5.41, 5.74) is 0.149. The second kappa shape index (κ2) is 5.61. The number of nitrogens with zero attached hydrogens (tertiary/aromatic N) is 1. The van der Waals surface area contributed by atoms with E-state index in [-0.39, 0.29) is 11.6 Å². The lowest BCUT2D eigenvalue weighted by Crippen LogP contribution is -2.44. The fourth-order valence-electron chi connectivity index (χ4n) is 2.58. The first-order chi connectivity index (χ1) is 8.97. The number of hydrogen-bond acceptors (Lipinski definition) is 3. The number of carboxylic acid groups (broad SMARTS) is 1. The Morgan fingerprint density at radius 2 is 2.00 bits per heavy atom. The average molecular weight is 282 g/mol. The third-order valence-electron chi connectivity index (χ3n) is 3.27. The quantitative estimate of drug-likeness (QED) is 0.876. The van der Waals surface area contributed by atoms with Crippen LogP contribution in [0, 0.1) is 11.8 Å². The van der Waals surface area contributed by atoms with Crippen molar-refractivity contribution in [1.29, 1.82) is 0 Å². The van der Waals surface area contributed by atoms with Crippen molar-refractivity contribution in [2.45, 2.75) is 20.3 Å². The van der Waals surface area contributed by atoms with Crippen molar-refractivity contribution in [3.63, 3.8) is 0 Å². The van der Waals surface area contributed by atoms with Gasteiger partial charge in [0.25, 0.3) is 0 Å². The number of hydrogen-bond donors (Lipinski definition) is 2. The van der Waals surface area contributed by atoms with Crippen molar-refractivity contribution >= 4 is 28.3 Å². The molecule has 1 fully saturated rings. The van der Waals surface area contributed by atoms with Crippen molar-refractivity contribution in [3.8, 4) is 0 Å². The monoisotopic (exact) mass is 282 g/mol. The summed E-state index contributed by atoms with van der Waals surface area (Å²) in [6.45, 7) is 5.71. The highest BCUT2D eigenvalue weighted by Gasteiger charge is 2.26. The average Bonchev–Trinajstić information content (AvgIpc) is 2.75. The fourth-order valence-corrected chi connectivity index (χ4v) is 3.35. The maximum Gasteiger partial charge on any atom is 0.338 e. The standard InChI is InChI=1S/C13H18N2O3S/c1-8-5-9(2)7-15(6-8)13(18)14-11-10(12(16)17)3-4-19-11/h3-4,8-9H,5-7H2,1-2H3,(H,14,18)(H,16,17). The van der Waals surface area contributed by atoms with Crippen molar-refractivity contribution in [1.82, 2.24) is 4.90 Å². The minimum atomic E-state index is -1.02. The Morgan fingerprint density at radius 3 is 2.58 bits per heavy atom. The van der Waals surface area contributed by atoms with Crippen LogP contribution in [0.2, 0.25) is 0 Å². The molecule has 2 N–H and O–H groups in total. The van der Waals surface area contributed by atoms with Crippen molar-refractivity contribution in [2.75, 3.05) is 18.4 Å². The highest BCUT2D eigenvalue weighted by molar-refractivity contribution is 7.14. The molecule has 0 aromatic carbocycles. The number of amides is 2. The molecule has 1 aliphatic heterocycles. The molecule has 0 aliphatic carbocycles. The Bertz CT molecular complexity index is 476. The molecule has 2 heterocycles. The molecule has 2 rings (SSSR count). The van der Waals surface area contributed by atoms with Gasteiger partial charge in [-0.2, -0.15) is 0 Å². The van der Waals surface area contributed by atoms with Gasteiger partial charge in [-0.1, -0.05) is 13.8 Å². The Kier molecular flexibility index (Phi) is 4.09. The van der Waals surface area contributed by atoms with Crippen LogP contribution < -0.4 is 5.32 Å². The van der Waals surface area contributed by atoms with Gasteiger partial charge in [-0.05, 0) is 29.7 Å². The third-order valence-corrected chi connectivity index (χ3v) is 4.10. The molecule has 2 amide bonds. The molecule has 1 aromatic heterocycles. The minimum absolute atomic E-state index is 0.149. The van der Waals surface area contributed by atoms with Crippen LogP contribution in [0.4, 0.5) is 9.80 Å². The summed E-state index contributed by atoms with van der Waals surface area (Å²) in [5.74, 6) is -0.0505. The first-order valence-corrected chi connectivity index (χ1v) is 7.22. The lowest BCUT2D eigenvalue weighted by Gasteiger charge is -2.34. The van der Waals surface area contributed by atoms with Gasteiger partial charge in [-0.3, -0.25) is 5.32 Å². The number of rotatable bonds is 2. The molecule has 6 heteroatoms. The van der Waals surface area contributed by atoms with E-state index in [2.05, 4.69) is 19.2 Å². The van der Waals surface area contributed by atoms with E-state index in [0.29, 0.717) is 16.8 Å². The fraction of sp³-hybridized carbons (Fsp3) is 0.538. The Labute approximate surface area is 116 Å². The largest absolute Gasteiger partial charge is 0.478 e. The number of aromatic carboxylic acids is 1. The minimum Gasteiger partial charge on any atom is -0.478 e. The topological polar surface area (TPSA) is 69.6 Å². The summed E-state index contributed by atoms with van der Waals surface area (Å²) in [5, 5.41) is 13.8. The van der Waals surface area contributed by atoms with Crippen LogP contribution in [-0.2, 0) is 0 Å². The van der Waals surface area contributed by atoms with E-state index in [1.165, 1.54) is 17.4 Å². The Morgan fingerprint density at radius 1 is 1.37 bits per heavy atom. The van der Waals surface area contributed by atoms with Crippen LogP contribution in [0.5, 0.6) is 0 Å². The van der Waals surface area contributed by atoms with E-state index < -0.39 is 5.97 Å². The van der Waals surface area contributed by atoms with E-state index in [4.69, 9.17) is 5.11 Å². The molecule has 19 heavy (non-hydrogen) atoms. The molecule has 2 atom stereocenters. The van der Waals surface area contributed by atoms with Gasteiger partial charge in [0.15, 0.2) is 0 Å². The van der Waals surface area contributed by atoms with Crippen LogP contribution in [0.1, 0.15) is 30.6 Å². The number of anilines is 1. The smallest absolute Gasteiger partial charge is 0.338 e. The molecular formula is C13H18N2O3S. The highest BCUT2D eigenvalue weighted by atomic mass is 32.1. The summed E-state index contributed by atoms with van der Waals surface area (Å²) in [6.07, 6.45) is 1.13. The van der Waals surface area contributed by atoms with Crippen LogP contribution >= 0.6 is 11.3 Å². The van der Waals surface area contributed by atoms with Crippen molar-refractivity contribution in [3.05, 3.63) is 17.0 Å². The molecule has 104 valence electrons. The molecule has 0 bridgehead atoms. The molecule has 1 aliphatic rings. The highest BCUT2D eigenvalue weighted by Crippen LogP contribution is 2.25. The molecule has 0 spiro atoms. The number of urea groups is 1. The molecule has 2 unspecified atom stereocenters. The lowest BCUT2D eigenvalue weighted by atomic mass is 9.92. The van der Waals surface area contributed by atoms with E-state index >= 15 is 0 Å². The molecule has 0 saturated carbocycles. The summed E-state index contributed by atoms with van der Waals surface area (Å²) >= 11 is 1.23. The number of carbonyl (C=O) groups is 2. The van der Waals surface area contributed by atoms with Crippen molar-refractivity contribution in [2.24, 2.45) is 11.8 Å². The van der Waals surface area contributed by atoms with Crippen LogP contribution in [0.25, 0.3) is 0 Å². The number of carbonyl (C=O) groups excluding carboxylic acids is 1. The summed E-state index contributed by atoms with van der Waals surface area (Å²) in [4.78, 5) is 24.9. The van der Waals surface area contributed by atoms with E-state index in [1.807, 2.05) is 0 Å².